The lowest BCUT2D eigenvalue weighted by molar-refractivity contribution is -0.119. The van der Waals surface area contributed by atoms with Crippen LogP contribution in [-0.2, 0) is 11.8 Å². The molecule has 6 heteroatoms. The number of rotatable bonds is 4. The van der Waals surface area contributed by atoms with Gasteiger partial charge in [0.05, 0.1) is 17.9 Å². The standard InChI is InChI=1S/C16H19N3O2S/c1-19-15(11-7-3-5-9-13(11)21-2)17-18-16(19)22-14-10-6-4-8-12(14)20/h3,5,7,9,14H,4,6,8,10H2,1-2H3/t14-/m0/s1. The number of hydrogen-bond donors (Lipinski definition) is 0. The van der Waals surface area contributed by atoms with Crippen molar-refractivity contribution in [1.82, 2.24) is 14.8 Å². The van der Waals surface area contributed by atoms with E-state index in [1.165, 1.54) is 11.8 Å². The quantitative estimate of drug-likeness (QED) is 0.867. The molecule has 0 unspecified atom stereocenters. The van der Waals surface area contributed by atoms with Gasteiger partial charge in [-0.25, -0.2) is 0 Å². The van der Waals surface area contributed by atoms with E-state index in [1.807, 2.05) is 35.9 Å². The lowest BCUT2D eigenvalue weighted by Gasteiger charge is -2.19. The first kappa shape index (κ1) is 15.1. The van der Waals surface area contributed by atoms with Crippen molar-refractivity contribution < 1.29 is 9.53 Å². The third-order valence-electron chi connectivity index (χ3n) is 3.93. The molecule has 0 radical (unpaired) electrons. The van der Waals surface area contributed by atoms with E-state index in [4.69, 9.17) is 4.74 Å². The van der Waals surface area contributed by atoms with E-state index in [-0.39, 0.29) is 5.25 Å². The fourth-order valence-corrected chi connectivity index (χ4v) is 3.81. The van der Waals surface area contributed by atoms with Crippen LogP contribution in [0.5, 0.6) is 5.75 Å². The summed E-state index contributed by atoms with van der Waals surface area (Å²) in [4.78, 5) is 12.0. The maximum atomic E-state index is 12.0. The van der Waals surface area contributed by atoms with Gasteiger partial charge in [0, 0.05) is 13.5 Å². The number of nitrogens with zero attached hydrogens (tertiary/aromatic N) is 3. The number of Topliss-reactive ketones (excluding diaryl/α,β-unsaturated/α-hetero) is 1. The predicted octanol–water partition coefficient (Wildman–Crippen LogP) is 3.09. The topological polar surface area (TPSA) is 57.0 Å². The Labute approximate surface area is 134 Å². The molecule has 3 rings (SSSR count). The highest BCUT2D eigenvalue weighted by atomic mass is 32.2. The Morgan fingerprint density at radius 2 is 2.09 bits per heavy atom. The fraction of sp³-hybridized carbons (Fsp3) is 0.438. The number of benzene rings is 1. The van der Waals surface area contributed by atoms with Crippen LogP contribution in [0.4, 0.5) is 0 Å². The van der Waals surface area contributed by atoms with Gasteiger partial charge in [-0.05, 0) is 25.0 Å². The molecule has 116 valence electrons. The van der Waals surface area contributed by atoms with Gasteiger partial charge in [-0.1, -0.05) is 30.3 Å². The summed E-state index contributed by atoms with van der Waals surface area (Å²) >= 11 is 1.53. The molecule has 0 aliphatic heterocycles. The summed E-state index contributed by atoms with van der Waals surface area (Å²) in [6.45, 7) is 0. The Morgan fingerprint density at radius 1 is 1.27 bits per heavy atom. The number of methoxy groups -OCH3 is 1. The molecule has 0 spiro atoms. The van der Waals surface area contributed by atoms with Crippen LogP contribution in [0.25, 0.3) is 11.4 Å². The average molecular weight is 317 g/mol. The second-order valence-corrected chi connectivity index (χ2v) is 6.55. The highest BCUT2D eigenvalue weighted by Gasteiger charge is 2.26. The Kier molecular flexibility index (Phi) is 4.47. The van der Waals surface area contributed by atoms with Gasteiger partial charge in [0.1, 0.15) is 11.5 Å². The van der Waals surface area contributed by atoms with Crippen molar-refractivity contribution in [2.45, 2.75) is 36.1 Å². The number of carbonyl (C=O) groups excluding carboxylic acids is 1. The molecule has 0 bridgehead atoms. The summed E-state index contributed by atoms with van der Waals surface area (Å²) in [7, 11) is 3.57. The summed E-state index contributed by atoms with van der Waals surface area (Å²) in [5.74, 6) is 1.85. The number of ether oxygens (including phenoxy) is 1. The highest BCUT2D eigenvalue weighted by Crippen LogP contribution is 2.34. The van der Waals surface area contributed by atoms with Gasteiger partial charge in [-0.3, -0.25) is 4.79 Å². The predicted molar refractivity (Wildman–Crippen MR) is 86.1 cm³/mol. The molecule has 1 fully saturated rings. The summed E-state index contributed by atoms with van der Waals surface area (Å²) < 4.78 is 7.32. The Balaban J connectivity index is 1.87. The molecule has 0 saturated heterocycles. The molecule has 1 aliphatic carbocycles. The summed E-state index contributed by atoms with van der Waals surface area (Å²) in [5.41, 5.74) is 0.904. The van der Waals surface area contributed by atoms with Gasteiger partial charge in [-0.15, -0.1) is 10.2 Å². The first-order chi connectivity index (χ1) is 10.7. The van der Waals surface area contributed by atoms with E-state index in [0.717, 1.165) is 41.6 Å². The van der Waals surface area contributed by atoms with E-state index in [0.29, 0.717) is 12.2 Å². The minimum atomic E-state index is 0.0159. The molecule has 2 aromatic rings. The van der Waals surface area contributed by atoms with Gasteiger partial charge in [0.15, 0.2) is 11.0 Å². The highest BCUT2D eigenvalue weighted by molar-refractivity contribution is 8.00. The largest absolute Gasteiger partial charge is 0.496 e. The Hall–Kier alpha value is -1.82. The zero-order valence-electron chi connectivity index (χ0n) is 12.8. The van der Waals surface area contributed by atoms with E-state index >= 15 is 0 Å². The number of carbonyl (C=O) groups is 1. The second kappa shape index (κ2) is 6.52. The van der Waals surface area contributed by atoms with Gasteiger partial charge >= 0.3 is 0 Å². The normalized spacial score (nSPS) is 18.5. The summed E-state index contributed by atoms with van der Waals surface area (Å²) in [5, 5.41) is 9.34. The lowest BCUT2D eigenvalue weighted by atomic mass is 9.99. The molecule has 0 N–H and O–H groups in total. The van der Waals surface area contributed by atoms with Crippen LogP contribution < -0.4 is 4.74 Å². The third-order valence-corrected chi connectivity index (χ3v) is 5.28. The van der Waals surface area contributed by atoms with Crippen molar-refractivity contribution in [3.63, 3.8) is 0 Å². The van der Waals surface area contributed by atoms with Crippen LogP contribution in [0.15, 0.2) is 29.4 Å². The molecular weight excluding hydrogens is 298 g/mol. The molecule has 1 heterocycles. The summed E-state index contributed by atoms with van der Waals surface area (Å²) in [6, 6.07) is 7.74. The fourth-order valence-electron chi connectivity index (χ4n) is 2.68. The van der Waals surface area contributed by atoms with Gasteiger partial charge in [0.25, 0.3) is 0 Å². The molecule has 1 aromatic carbocycles. The van der Waals surface area contributed by atoms with Crippen LogP contribution >= 0.6 is 11.8 Å². The number of ketones is 1. The monoisotopic (exact) mass is 317 g/mol. The van der Waals surface area contributed by atoms with Crippen molar-refractivity contribution >= 4 is 17.5 Å². The molecule has 22 heavy (non-hydrogen) atoms. The van der Waals surface area contributed by atoms with Crippen molar-refractivity contribution in [2.24, 2.45) is 7.05 Å². The first-order valence-electron chi connectivity index (χ1n) is 7.43. The summed E-state index contributed by atoms with van der Waals surface area (Å²) in [6.07, 6.45) is 3.75. The van der Waals surface area contributed by atoms with E-state index < -0.39 is 0 Å². The molecule has 1 atom stereocenters. The van der Waals surface area contributed by atoms with Crippen LogP contribution in [0.2, 0.25) is 0 Å². The van der Waals surface area contributed by atoms with Gasteiger partial charge < -0.3 is 9.30 Å². The molecule has 0 amide bonds. The van der Waals surface area contributed by atoms with Crippen molar-refractivity contribution in [1.29, 1.82) is 0 Å². The minimum absolute atomic E-state index is 0.0159. The van der Waals surface area contributed by atoms with Crippen molar-refractivity contribution in [3.8, 4) is 17.1 Å². The maximum absolute atomic E-state index is 12.0. The van der Waals surface area contributed by atoms with Crippen LogP contribution in [0.3, 0.4) is 0 Å². The van der Waals surface area contributed by atoms with Crippen molar-refractivity contribution in [3.05, 3.63) is 24.3 Å². The number of aromatic nitrogens is 3. The smallest absolute Gasteiger partial charge is 0.191 e. The van der Waals surface area contributed by atoms with E-state index in [1.54, 1.807) is 7.11 Å². The van der Waals surface area contributed by atoms with Crippen LogP contribution in [-0.4, -0.2) is 32.9 Å². The van der Waals surface area contributed by atoms with Crippen LogP contribution in [0, 0.1) is 0 Å². The molecule has 5 nitrogen and oxygen atoms in total. The Morgan fingerprint density at radius 3 is 2.86 bits per heavy atom. The van der Waals surface area contributed by atoms with Crippen molar-refractivity contribution in [2.75, 3.05) is 7.11 Å². The van der Waals surface area contributed by atoms with Crippen LogP contribution in [0.1, 0.15) is 25.7 Å². The van der Waals surface area contributed by atoms with Gasteiger partial charge in [-0.2, -0.15) is 0 Å². The number of thioether (sulfide) groups is 1. The molecule has 1 aliphatic rings. The zero-order chi connectivity index (χ0) is 15.5. The molecular formula is C16H19N3O2S. The van der Waals surface area contributed by atoms with E-state index in [2.05, 4.69) is 10.2 Å². The maximum Gasteiger partial charge on any atom is 0.191 e. The average Bonchev–Trinajstić information content (AvgIpc) is 2.90. The number of para-hydroxylation sites is 1. The number of hydrogen-bond acceptors (Lipinski definition) is 5. The zero-order valence-corrected chi connectivity index (χ0v) is 13.6. The third kappa shape index (κ3) is 2.88. The second-order valence-electron chi connectivity index (χ2n) is 5.38. The minimum Gasteiger partial charge on any atom is -0.496 e. The van der Waals surface area contributed by atoms with E-state index in [9.17, 15) is 4.79 Å². The molecule has 1 aromatic heterocycles. The lowest BCUT2D eigenvalue weighted by Crippen LogP contribution is -2.21. The first-order valence-corrected chi connectivity index (χ1v) is 8.31. The van der Waals surface area contributed by atoms with Gasteiger partial charge in [0.2, 0.25) is 0 Å². The Bertz CT molecular complexity index is 684. The molecule has 1 saturated carbocycles. The SMILES string of the molecule is COc1ccccc1-c1nnc(S[C@H]2CCCCC2=O)n1C.